The summed E-state index contributed by atoms with van der Waals surface area (Å²) in [4.78, 5) is 50.2. The Hall–Kier alpha value is -4.28. The zero-order valence-corrected chi connectivity index (χ0v) is 28.7. The number of hydrogen-bond donors (Lipinski definition) is 2. The Bertz CT molecular complexity index is 1710. The zero-order valence-electron chi connectivity index (χ0n) is 27.9. The second-order valence-corrected chi connectivity index (χ2v) is 14.5. The first kappa shape index (κ1) is 34.2. The molecule has 0 bridgehead atoms. The highest BCUT2D eigenvalue weighted by Gasteiger charge is 2.31. The number of benzene rings is 1. The predicted molar refractivity (Wildman–Crippen MR) is 184 cm³/mol. The van der Waals surface area contributed by atoms with Gasteiger partial charge in [0.25, 0.3) is 5.91 Å². The fourth-order valence-corrected chi connectivity index (χ4v) is 7.79. The number of halogens is 2. The van der Waals surface area contributed by atoms with Gasteiger partial charge in [0, 0.05) is 93.6 Å². The number of aromatic nitrogens is 2. The van der Waals surface area contributed by atoms with Crippen molar-refractivity contribution in [3.63, 3.8) is 0 Å². The van der Waals surface area contributed by atoms with Crippen LogP contribution < -0.4 is 15.5 Å². The molecule has 4 aliphatic heterocycles. The number of fused-ring (bicyclic) bond motifs is 1. The molecule has 1 aromatic carbocycles. The third kappa shape index (κ3) is 8.02. The number of carbonyl (C=O) groups is 3. The molecule has 2 N–H and O–H groups in total. The summed E-state index contributed by atoms with van der Waals surface area (Å²) in [6.45, 7) is 4.12. The lowest BCUT2D eigenvalue weighted by Crippen LogP contribution is -2.50. The van der Waals surface area contributed by atoms with Gasteiger partial charge in [-0.1, -0.05) is 0 Å². The van der Waals surface area contributed by atoms with Crippen LogP contribution in [0.3, 0.4) is 0 Å². The monoisotopic (exact) mass is 709 g/mol. The minimum absolute atomic E-state index is 0.0743. The van der Waals surface area contributed by atoms with Gasteiger partial charge in [-0.2, -0.15) is 13.9 Å². The highest BCUT2D eigenvalue weighted by atomic mass is 32.2. The van der Waals surface area contributed by atoms with E-state index in [-0.39, 0.29) is 42.0 Å². The number of likely N-dealkylation sites (tertiary alicyclic amines) is 1. The Morgan fingerprint density at radius 2 is 1.84 bits per heavy atom. The number of hydrogen-bond acceptors (Lipinski definition) is 10. The van der Waals surface area contributed by atoms with Crippen LogP contribution >= 0.6 is 11.8 Å². The highest BCUT2D eigenvalue weighted by Crippen LogP contribution is 2.43. The molecule has 0 spiro atoms. The predicted octanol–water partition coefficient (Wildman–Crippen LogP) is 3.38. The molecule has 1 saturated carbocycles. The summed E-state index contributed by atoms with van der Waals surface area (Å²) < 4.78 is 33.5. The van der Waals surface area contributed by atoms with Crippen molar-refractivity contribution < 1.29 is 27.9 Å². The lowest BCUT2D eigenvalue weighted by atomic mass is 9.96. The summed E-state index contributed by atoms with van der Waals surface area (Å²) in [5, 5.41) is 9.74. The number of alkyl halides is 2. The zero-order chi connectivity index (χ0) is 34.8. The lowest BCUT2D eigenvalue weighted by molar-refractivity contribution is -0.133. The molecule has 5 heterocycles. The Labute approximate surface area is 293 Å². The van der Waals surface area contributed by atoms with Crippen LogP contribution in [0, 0.1) is 5.92 Å². The third-order valence-corrected chi connectivity index (χ3v) is 10.9. The van der Waals surface area contributed by atoms with E-state index in [1.54, 1.807) is 60.5 Å². The van der Waals surface area contributed by atoms with Gasteiger partial charge < -0.3 is 19.9 Å². The van der Waals surface area contributed by atoms with Gasteiger partial charge in [-0.3, -0.25) is 29.0 Å². The number of rotatable bonds is 11. The summed E-state index contributed by atoms with van der Waals surface area (Å²) in [7, 11) is 0. The number of amides is 3. The van der Waals surface area contributed by atoms with E-state index in [0.29, 0.717) is 41.2 Å². The Morgan fingerprint density at radius 3 is 2.56 bits per heavy atom. The summed E-state index contributed by atoms with van der Waals surface area (Å²) in [6, 6.07) is 5.01. The van der Waals surface area contributed by atoms with Crippen LogP contribution in [0.1, 0.15) is 32.6 Å². The van der Waals surface area contributed by atoms with Crippen LogP contribution in [0.15, 0.2) is 58.0 Å². The number of anilines is 1. The maximum Gasteiger partial charge on any atom is 0.387 e. The van der Waals surface area contributed by atoms with Crippen molar-refractivity contribution in [1.29, 1.82) is 0 Å². The van der Waals surface area contributed by atoms with E-state index in [0.717, 1.165) is 63.3 Å². The molecule has 0 unspecified atom stereocenters. The Kier molecular flexibility index (Phi) is 10.2. The molecule has 266 valence electrons. The van der Waals surface area contributed by atoms with Gasteiger partial charge in [-0.05, 0) is 55.9 Å². The highest BCUT2D eigenvalue weighted by molar-refractivity contribution is 8.00. The van der Waals surface area contributed by atoms with Crippen molar-refractivity contribution >= 4 is 41.4 Å². The number of ether oxygens (including phenoxy) is 1. The first-order chi connectivity index (χ1) is 24.2. The number of hydrazine groups is 1. The molecular formula is C34H41F2N9O4S. The molecule has 3 amide bonds. The van der Waals surface area contributed by atoms with Gasteiger partial charge in [-0.25, -0.2) is 10.4 Å². The molecule has 1 aromatic heterocycles. The molecule has 7 rings (SSSR count). The van der Waals surface area contributed by atoms with E-state index >= 15 is 0 Å². The molecule has 0 radical (unpaired) electrons. The van der Waals surface area contributed by atoms with E-state index < -0.39 is 12.5 Å². The maximum atomic E-state index is 13.6. The maximum absolute atomic E-state index is 13.6. The van der Waals surface area contributed by atoms with Gasteiger partial charge in [0.1, 0.15) is 18.0 Å². The smallest absolute Gasteiger partial charge is 0.387 e. The minimum atomic E-state index is -3.06. The van der Waals surface area contributed by atoms with Crippen LogP contribution in [0.25, 0.3) is 11.3 Å². The Balaban J connectivity index is 1.08. The average Bonchev–Trinajstić information content (AvgIpc) is 3.67. The lowest BCUT2D eigenvalue weighted by Gasteiger charge is -2.38. The van der Waals surface area contributed by atoms with Crippen LogP contribution in [-0.2, 0) is 20.9 Å². The fraction of sp³-hybridized carbons (Fsp3) is 0.500. The normalized spacial score (nSPS) is 19.8. The number of carbonyl (C=O) groups excluding carboxylic acids is 3. The number of aliphatic imine (C=N–C) groups is 1. The van der Waals surface area contributed by atoms with Crippen molar-refractivity contribution in [2.24, 2.45) is 10.9 Å². The van der Waals surface area contributed by atoms with Crippen molar-refractivity contribution in [3.05, 3.63) is 48.1 Å². The third-order valence-electron chi connectivity index (χ3n) is 9.57. The SMILES string of the molecule is CC(=O)N1CCN(CC2CCN(C(=O)Cn3cc(NC(=O)C4=C5N=CC=CN5NC4)c(-c4cc(SC5CC5)ccc4OC(F)F)n3)CC2)CC1. The second-order valence-electron chi connectivity index (χ2n) is 13.2. The number of nitrogens with zero attached hydrogens (tertiary/aromatic N) is 7. The molecule has 0 atom stereocenters. The van der Waals surface area contributed by atoms with Gasteiger partial charge >= 0.3 is 6.61 Å². The van der Waals surface area contributed by atoms with Gasteiger partial charge in [0.2, 0.25) is 11.8 Å². The summed E-state index contributed by atoms with van der Waals surface area (Å²) >= 11 is 1.66. The van der Waals surface area contributed by atoms with E-state index in [4.69, 9.17) is 9.84 Å². The molecule has 2 saturated heterocycles. The fourth-order valence-electron chi connectivity index (χ4n) is 6.70. The Morgan fingerprint density at radius 1 is 1.06 bits per heavy atom. The molecule has 50 heavy (non-hydrogen) atoms. The van der Waals surface area contributed by atoms with Crippen molar-refractivity contribution in [2.75, 3.05) is 57.7 Å². The van der Waals surface area contributed by atoms with Crippen LogP contribution in [-0.4, -0.2) is 118 Å². The molecule has 2 aromatic rings. The molecule has 1 aliphatic carbocycles. The quantitative estimate of drug-likeness (QED) is 0.361. The number of piperidine rings is 1. The van der Waals surface area contributed by atoms with Crippen LogP contribution in [0.2, 0.25) is 0 Å². The van der Waals surface area contributed by atoms with Crippen molar-refractivity contribution in [1.82, 2.24) is 34.9 Å². The van der Waals surface area contributed by atoms with Crippen LogP contribution in [0.4, 0.5) is 14.5 Å². The largest absolute Gasteiger partial charge is 0.434 e. The van der Waals surface area contributed by atoms with E-state index in [1.807, 2.05) is 9.80 Å². The molecular weight excluding hydrogens is 668 g/mol. The van der Waals surface area contributed by atoms with Gasteiger partial charge in [0.05, 0.1) is 11.3 Å². The summed E-state index contributed by atoms with van der Waals surface area (Å²) in [6.07, 6.45) is 10.6. The summed E-state index contributed by atoms with van der Waals surface area (Å²) in [5.74, 6) is 0.423. The van der Waals surface area contributed by atoms with Crippen LogP contribution in [0.5, 0.6) is 5.75 Å². The van der Waals surface area contributed by atoms with E-state index in [9.17, 15) is 23.2 Å². The number of thioether (sulfide) groups is 1. The van der Waals surface area contributed by atoms with Gasteiger partial charge in [0.15, 0.2) is 5.82 Å². The van der Waals surface area contributed by atoms with Gasteiger partial charge in [-0.15, -0.1) is 11.8 Å². The topological polar surface area (TPSA) is 128 Å². The summed E-state index contributed by atoms with van der Waals surface area (Å²) in [5.41, 5.74) is 4.27. The standard InChI is InChI=1S/C34H41F2N9O4S/c1-22(46)42-15-13-41(14-16-42)19-23-7-11-43(12-8-23)30(47)21-44-20-28(39-33(48)27-18-38-45-10-2-9-37-32(27)45)31(40-44)26-17-25(50-24-3-4-24)5-6-29(26)49-34(35)36/h2,5-6,9-10,17,20,23-24,34,38H,3-4,7-8,11-16,18-19,21H2,1H3,(H,39,48). The average molecular weight is 710 g/mol. The number of allylic oxidation sites excluding steroid dienone is 1. The molecule has 16 heteroatoms. The van der Waals surface area contributed by atoms with Crippen molar-refractivity contribution in [3.8, 4) is 17.0 Å². The van der Waals surface area contributed by atoms with E-state index in [2.05, 4.69) is 20.6 Å². The number of nitrogens with one attached hydrogen (secondary N) is 2. The first-order valence-electron chi connectivity index (χ1n) is 17.1. The minimum Gasteiger partial charge on any atom is -0.434 e. The molecule has 13 nitrogen and oxygen atoms in total. The first-order valence-corrected chi connectivity index (χ1v) is 17.9. The number of piperazine rings is 1. The second kappa shape index (κ2) is 14.9. The molecule has 5 aliphatic rings. The van der Waals surface area contributed by atoms with E-state index in [1.165, 1.54) is 10.7 Å². The molecule has 3 fully saturated rings. The van der Waals surface area contributed by atoms with Crippen molar-refractivity contribution in [2.45, 2.75) is 55.9 Å².